The first-order valence-corrected chi connectivity index (χ1v) is 27.9. The maximum absolute atomic E-state index is 16.3. The minimum atomic E-state index is -5.12. The molecule has 79 heavy (non-hydrogen) atoms. The summed E-state index contributed by atoms with van der Waals surface area (Å²) < 4.78 is 109. The van der Waals surface area contributed by atoms with Crippen LogP contribution in [-0.2, 0) is 31.4 Å². The Labute approximate surface area is 463 Å². The van der Waals surface area contributed by atoms with Gasteiger partial charge >= 0.3 is 24.5 Å². The topological polar surface area (TPSA) is 106 Å². The lowest BCUT2D eigenvalue weighted by molar-refractivity contribution is -0.139. The molecule has 4 fully saturated rings. The van der Waals surface area contributed by atoms with Crippen LogP contribution in [-0.4, -0.2) is 133 Å². The molecule has 4 aliphatic heterocycles. The molecule has 4 aromatic rings. The van der Waals surface area contributed by atoms with Crippen molar-refractivity contribution in [1.29, 1.82) is 0 Å². The molecule has 0 bridgehead atoms. The molecule has 0 aromatic heterocycles. The molecule has 0 aliphatic carbocycles. The number of anilines is 2. The number of ether oxygens (including phenoxy) is 2. The van der Waals surface area contributed by atoms with Crippen LogP contribution in [0.25, 0.3) is 34.4 Å². The van der Waals surface area contributed by atoms with Crippen molar-refractivity contribution in [3.05, 3.63) is 107 Å². The second-order valence-corrected chi connectivity index (χ2v) is 23.4. The molecule has 0 atom stereocenters. The van der Waals surface area contributed by atoms with Crippen molar-refractivity contribution in [1.82, 2.24) is 19.6 Å². The van der Waals surface area contributed by atoms with E-state index in [1.54, 1.807) is 90.1 Å². The number of para-hydroxylation sites is 2. The van der Waals surface area contributed by atoms with Crippen LogP contribution in [0, 0.1) is 0 Å². The fourth-order valence-corrected chi connectivity index (χ4v) is 11.7. The molecule has 8 rings (SSSR count). The molecule has 0 N–H and O–H groups in total. The molecular weight excluding hydrogens is 1050 g/mol. The fourth-order valence-electron chi connectivity index (χ4n) is 10.5. The normalized spacial score (nSPS) is 17.2. The van der Waals surface area contributed by atoms with Crippen LogP contribution in [0.5, 0.6) is 0 Å². The number of hydrogen-bond donors (Lipinski definition) is 0. The van der Waals surface area contributed by atoms with E-state index in [-0.39, 0.29) is 85.7 Å². The van der Waals surface area contributed by atoms with Crippen molar-refractivity contribution in [2.45, 2.75) is 113 Å². The van der Waals surface area contributed by atoms with Crippen LogP contribution in [0.2, 0.25) is 0 Å². The Balaban J connectivity index is 1.22. The summed E-state index contributed by atoms with van der Waals surface area (Å²) in [5.41, 5.74) is -2.80. The molecule has 0 spiro atoms. The van der Waals surface area contributed by atoms with Gasteiger partial charge in [-0.3, -0.25) is 9.59 Å². The number of nitrogens with zero attached hydrogens (tertiary/aromatic N) is 6. The zero-order chi connectivity index (χ0) is 56.9. The smallest absolute Gasteiger partial charge is 0.418 e. The summed E-state index contributed by atoms with van der Waals surface area (Å²) in [4.78, 5) is 62.2. The second-order valence-electron chi connectivity index (χ2n) is 22.3. The molecular formula is C60H70F6N6O6S. The van der Waals surface area contributed by atoms with Crippen LogP contribution in [0.1, 0.15) is 102 Å². The Morgan fingerprint density at radius 1 is 0.443 bits per heavy atom. The Bertz CT molecular complexity index is 2730. The van der Waals surface area contributed by atoms with Crippen molar-refractivity contribution in [2.24, 2.45) is 0 Å². The average molecular weight is 1120 g/mol. The number of alkyl halides is 6. The lowest BCUT2D eigenvalue weighted by Gasteiger charge is -2.35. The van der Waals surface area contributed by atoms with Gasteiger partial charge in [-0.1, -0.05) is 60.3 Å². The van der Waals surface area contributed by atoms with Crippen molar-refractivity contribution in [3.63, 3.8) is 0 Å². The molecule has 4 heterocycles. The van der Waals surface area contributed by atoms with Gasteiger partial charge in [0.05, 0.1) is 11.1 Å². The average Bonchev–Trinajstić information content (AvgIpc) is 3.52. The second kappa shape index (κ2) is 24.4. The quantitative estimate of drug-likeness (QED) is 0.113. The van der Waals surface area contributed by atoms with E-state index >= 15 is 26.3 Å². The highest BCUT2D eigenvalue weighted by molar-refractivity contribution is 7.99. The van der Waals surface area contributed by atoms with Crippen molar-refractivity contribution < 1.29 is 55.0 Å². The first kappa shape index (κ1) is 58.5. The number of piperazine rings is 2. The van der Waals surface area contributed by atoms with Gasteiger partial charge in [0, 0.05) is 134 Å². The summed E-state index contributed by atoms with van der Waals surface area (Å²) in [6.45, 7) is 14.2. The largest absolute Gasteiger partial charge is 0.444 e. The van der Waals surface area contributed by atoms with Gasteiger partial charge in [0.15, 0.2) is 0 Å². The van der Waals surface area contributed by atoms with Gasteiger partial charge in [0.25, 0.3) is 0 Å². The third kappa shape index (κ3) is 14.6. The predicted molar refractivity (Wildman–Crippen MR) is 297 cm³/mol. The summed E-state index contributed by atoms with van der Waals surface area (Å²) in [6.07, 6.45) is -1.07. The summed E-state index contributed by atoms with van der Waals surface area (Å²) in [7, 11) is 0. The number of hydrogen-bond acceptors (Lipinski definition) is 9. The highest BCUT2D eigenvalue weighted by atomic mass is 32.2. The lowest BCUT2D eigenvalue weighted by Crippen LogP contribution is -2.51. The molecule has 0 radical (unpaired) electrons. The van der Waals surface area contributed by atoms with Crippen molar-refractivity contribution in [3.8, 4) is 22.3 Å². The standard InChI is InChI=1S/C60H70F6N6O6S/c1-57(2,3)77-55(75)71-37-33-69(34-38-71)49(73)27-23-41-21-25-47(53(59(61,62)63)51(41)43-17-9-11-19-45(43)67-29-13-7-14-30-67)79-48-26-22-42(24-28-50(74)70-35-39-72(40-36-70)56(76)78-58(4,5)6)52(54(48)60(64,65)66)44-18-10-12-20-46(44)68-31-15-8-16-32-68/h9-12,17-28H,7-8,13-16,29-40H2,1-6H3/b27-23+,28-24+. The number of carbonyl (C=O) groups is 4. The van der Waals surface area contributed by atoms with E-state index in [1.165, 1.54) is 68.2 Å². The maximum atomic E-state index is 16.3. The molecule has 0 saturated carbocycles. The molecule has 4 aromatic carbocycles. The number of benzene rings is 4. The number of piperidine rings is 2. The Hall–Kier alpha value is -6.63. The van der Waals surface area contributed by atoms with E-state index in [2.05, 4.69) is 0 Å². The van der Waals surface area contributed by atoms with Crippen LogP contribution in [0.3, 0.4) is 0 Å². The monoisotopic (exact) mass is 1120 g/mol. The highest BCUT2D eigenvalue weighted by Gasteiger charge is 2.42. The van der Waals surface area contributed by atoms with E-state index in [9.17, 15) is 19.2 Å². The van der Waals surface area contributed by atoms with Gasteiger partial charge in [-0.05, 0) is 128 Å². The van der Waals surface area contributed by atoms with Crippen LogP contribution in [0.4, 0.5) is 47.3 Å². The summed E-state index contributed by atoms with van der Waals surface area (Å²) in [6, 6.07) is 18.6. The van der Waals surface area contributed by atoms with E-state index in [1.807, 2.05) is 9.80 Å². The van der Waals surface area contributed by atoms with Crippen LogP contribution in [0.15, 0.2) is 94.7 Å². The molecule has 0 unspecified atom stereocenters. The molecule has 19 heteroatoms. The number of amides is 4. The van der Waals surface area contributed by atoms with Gasteiger partial charge in [-0.25, -0.2) is 9.59 Å². The number of carbonyl (C=O) groups excluding carboxylic acids is 4. The van der Waals surface area contributed by atoms with Gasteiger partial charge in [-0.2, -0.15) is 26.3 Å². The Morgan fingerprint density at radius 3 is 1.10 bits per heavy atom. The summed E-state index contributed by atoms with van der Waals surface area (Å²) >= 11 is 0.368. The Kier molecular flexibility index (Phi) is 18.1. The molecule has 12 nitrogen and oxygen atoms in total. The maximum Gasteiger partial charge on any atom is 0.418 e. The van der Waals surface area contributed by atoms with Gasteiger partial charge in [0.2, 0.25) is 11.8 Å². The fraction of sp³-hybridized carbons (Fsp3) is 0.467. The highest BCUT2D eigenvalue weighted by Crippen LogP contribution is 2.53. The van der Waals surface area contributed by atoms with Crippen LogP contribution >= 0.6 is 11.8 Å². The van der Waals surface area contributed by atoms with E-state index in [0.717, 1.165) is 38.5 Å². The predicted octanol–water partition coefficient (Wildman–Crippen LogP) is 13.4. The van der Waals surface area contributed by atoms with Gasteiger partial charge < -0.3 is 38.9 Å². The lowest BCUT2D eigenvalue weighted by atomic mass is 9.91. The zero-order valence-corrected chi connectivity index (χ0v) is 46.6. The van der Waals surface area contributed by atoms with Crippen LogP contribution < -0.4 is 9.80 Å². The van der Waals surface area contributed by atoms with Crippen molar-refractivity contribution in [2.75, 3.05) is 88.3 Å². The molecule has 4 saturated heterocycles. The molecule has 4 amide bonds. The number of halogens is 6. The molecule has 424 valence electrons. The minimum absolute atomic E-state index is 0.0328. The Morgan fingerprint density at radius 2 is 0.772 bits per heavy atom. The summed E-state index contributed by atoms with van der Waals surface area (Å²) in [5.74, 6) is -0.982. The van der Waals surface area contributed by atoms with Gasteiger partial charge in [0.1, 0.15) is 11.2 Å². The first-order valence-electron chi connectivity index (χ1n) is 27.1. The van der Waals surface area contributed by atoms with Gasteiger partial charge in [-0.15, -0.1) is 0 Å². The van der Waals surface area contributed by atoms with Crippen molar-refractivity contribution >= 4 is 59.3 Å². The first-order chi connectivity index (χ1) is 37.4. The minimum Gasteiger partial charge on any atom is -0.444 e. The van der Waals surface area contributed by atoms with E-state index < -0.39 is 68.5 Å². The SMILES string of the molecule is CC(C)(C)OC(=O)N1CCN(C(=O)/C=C/c2ccc(Sc3ccc(/C=C/C(=O)N4CCN(C(=O)OC(C)(C)C)CC4)c(-c4ccccc4N4CCCCC4)c3C(F)(F)F)c(C(F)(F)F)c2-c2ccccc2N2CCCCC2)CC1. The van der Waals surface area contributed by atoms with E-state index in [0.29, 0.717) is 49.3 Å². The third-order valence-electron chi connectivity index (χ3n) is 14.2. The number of rotatable bonds is 10. The summed E-state index contributed by atoms with van der Waals surface area (Å²) in [5, 5.41) is 0. The molecule has 4 aliphatic rings. The van der Waals surface area contributed by atoms with E-state index in [4.69, 9.17) is 9.47 Å². The zero-order valence-electron chi connectivity index (χ0n) is 45.8. The third-order valence-corrected chi connectivity index (χ3v) is 15.3.